The molecule has 1 unspecified atom stereocenters. The molecule has 1 saturated carbocycles. The number of benzene rings is 2. The molecule has 0 bridgehead atoms. The Morgan fingerprint density at radius 3 is 2.28 bits per heavy atom. The zero-order valence-corrected chi connectivity index (χ0v) is 19.5. The van der Waals surface area contributed by atoms with Crippen molar-refractivity contribution in [1.29, 1.82) is 0 Å². The van der Waals surface area contributed by atoms with Gasteiger partial charge in [-0.2, -0.15) is 0 Å². The Hall–Kier alpha value is -2.33. The summed E-state index contributed by atoms with van der Waals surface area (Å²) in [7, 11) is 1.70. The van der Waals surface area contributed by atoms with Gasteiger partial charge in [-0.1, -0.05) is 54.8 Å². The van der Waals surface area contributed by atoms with E-state index in [0.29, 0.717) is 12.0 Å². The minimum absolute atomic E-state index is 0.252. The van der Waals surface area contributed by atoms with E-state index in [9.17, 15) is 4.79 Å². The SMILES string of the molecule is COc1ccc(C2CNC(=O)C23CCN([C@@H]2CCCC[C@@H]2c2ccc(C)cc2)CC3)cc1. The monoisotopic (exact) mass is 432 g/mol. The Labute approximate surface area is 192 Å². The maximum absolute atomic E-state index is 13.1. The number of nitrogens with zero attached hydrogens (tertiary/aromatic N) is 1. The van der Waals surface area contributed by atoms with Gasteiger partial charge in [0.2, 0.25) is 5.91 Å². The van der Waals surface area contributed by atoms with Crippen molar-refractivity contribution in [2.75, 3.05) is 26.7 Å². The quantitative estimate of drug-likeness (QED) is 0.737. The fraction of sp³-hybridized carbons (Fsp3) is 0.536. The highest BCUT2D eigenvalue weighted by Gasteiger charge is 2.52. The van der Waals surface area contributed by atoms with Crippen LogP contribution in [-0.2, 0) is 4.79 Å². The highest BCUT2D eigenvalue weighted by molar-refractivity contribution is 5.86. The number of rotatable bonds is 4. The summed E-state index contributed by atoms with van der Waals surface area (Å²) in [6, 6.07) is 18.1. The highest BCUT2D eigenvalue weighted by Crippen LogP contribution is 2.49. The molecule has 0 aromatic heterocycles. The number of likely N-dealkylation sites (tertiary alicyclic amines) is 1. The van der Waals surface area contributed by atoms with Crippen molar-refractivity contribution in [2.45, 2.75) is 63.3 Å². The fourth-order valence-electron chi connectivity index (χ4n) is 6.58. The molecule has 2 saturated heterocycles. The molecule has 4 heteroatoms. The smallest absolute Gasteiger partial charge is 0.227 e. The van der Waals surface area contributed by atoms with Crippen LogP contribution in [0.3, 0.4) is 0 Å². The molecular formula is C28H36N2O2. The summed E-state index contributed by atoms with van der Waals surface area (Å²) in [5, 5.41) is 3.20. The lowest BCUT2D eigenvalue weighted by molar-refractivity contribution is -0.131. The Morgan fingerprint density at radius 2 is 1.59 bits per heavy atom. The molecule has 3 atom stereocenters. The lowest BCUT2D eigenvalue weighted by atomic mass is 9.67. The summed E-state index contributed by atoms with van der Waals surface area (Å²) in [6.07, 6.45) is 7.11. The highest BCUT2D eigenvalue weighted by atomic mass is 16.5. The van der Waals surface area contributed by atoms with Crippen molar-refractivity contribution in [1.82, 2.24) is 10.2 Å². The van der Waals surface area contributed by atoms with E-state index in [4.69, 9.17) is 4.74 Å². The van der Waals surface area contributed by atoms with Crippen molar-refractivity contribution in [2.24, 2.45) is 5.41 Å². The minimum Gasteiger partial charge on any atom is -0.497 e. The molecule has 2 heterocycles. The predicted octanol–water partition coefficient (Wildman–Crippen LogP) is 5.03. The van der Waals surface area contributed by atoms with Gasteiger partial charge in [-0.3, -0.25) is 9.69 Å². The summed E-state index contributed by atoms with van der Waals surface area (Å²) in [5.74, 6) is 2.00. The van der Waals surface area contributed by atoms with Gasteiger partial charge in [-0.15, -0.1) is 0 Å². The number of carbonyl (C=O) groups excluding carboxylic acids is 1. The first-order valence-electron chi connectivity index (χ1n) is 12.3. The predicted molar refractivity (Wildman–Crippen MR) is 128 cm³/mol. The first kappa shape index (κ1) is 21.5. The summed E-state index contributed by atoms with van der Waals surface area (Å²) < 4.78 is 5.33. The molecule has 1 aliphatic carbocycles. The second kappa shape index (κ2) is 8.90. The van der Waals surface area contributed by atoms with Gasteiger partial charge in [0, 0.05) is 18.5 Å². The van der Waals surface area contributed by atoms with Gasteiger partial charge in [0.25, 0.3) is 0 Å². The van der Waals surface area contributed by atoms with E-state index in [1.165, 1.54) is 42.4 Å². The fourth-order valence-corrected chi connectivity index (χ4v) is 6.58. The second-order valence-corrected chi connectivity index (χ2v) is 10.1. The van der Waals surface area contributed by atoms with Crippen LogP contribution < -0.4 is 10.1 Å². The van der Waals surface area contributed by atoms with Gasteiger partial charge in [-0.25, -0.2) is 0 Å². The van der Waals surface area contributed by atoms with Crippen LogP contribution in [0.5, 0.6) is 5.75 Å². The average Bonchev–Trinajstić information content (AvgIpc) is 3.15. The van der Waals surface area contributed by atoms with Crippen LogP contribution in [-0.4, -0.2) is 43.6 Å². The molecule has 0 radical (unpaired) electrons. The topological polar surface area (TPSA) is 41.6 Å². The number of piperidine rings is 1. The van der Waals surface area contributed by atoms with Crippen molar-refractivity contribution in [3.63, 3.8) is 0 Å². The number of ether oxygens (including phenoxy) is 1. The second-order valence-electron chi connectivity index (χ2n) is 10.1. The van der Waals surface area contributed by atoms with Crippen LogP contribution in [0.15, 0.2) is 48.5 Å². The van der Waals surface area contributed by atoms with E-state index < -0.39 is 0 Å². The van der Waals surface area contributed by atoms with Crippen LogP contribution in [0.1, 0.15) is 67.1 Å². The molecule has 2 aromatic carbocycles. The first-order valence-corrected chi connectivity index (χ1v) is 12.3. The number of hydrogen-bond acceptors (Lipinski definition) is 3. The summed E-state index contributed by atoms with van der Waals surface area (Å²) in [4.78, 5) is 15.8. The van der Waals surface area contributed by atoms with Crippen molar-refractivity contribution in [3.8, 4) is 5.75 Å². The Kier molecular flexibility index (Phi) is 5.98. The average molecular weight is 433 g/mol. The van der Waals surface area contributed by atoms with Gasteiger partial charge in [-0.05, 0) is 74.9 Å². The van der Waals surface area contributed by atoms with Crippen LogP contribution in [0, 0.1) is 12.3 Å². The van der Waals surface area contributed by atoms with E-state index in [-0.39, 0.29) is 17.2 Å². The summed E-state index contributed by atoms with van der Waals surface area (Å²) in [5.41, 5.74) is 3.82. The molecule has 170 valence electrons. The van der Waals surface area contributed by atoms with Crippen LogP contribution in [0.25, 0.3) is 0 Å². The van der Waals surface area contributed by atoms with Gasteiger partial charge in [0.1, 0.15) is 5.75 Å². The van der Waals surface area contributed by atoms with Gasteiger partial charge in [0.05, 0.1) is 12.5 Å². The maximum Gasteiger partial charge on any atom is 0.227 e. The largest absolute Gasteiger partial charge is 0.497 e. The van der Waals surface area contributed by atoms with Crippen molar-refractivity contribution < 1.29 is 9.53 Å². The molecule has 3 aliphatic rings. The van der Waals surface area contributed by atoms with E-state index in [0.717, 1.165) is 38.2 Å². The number of nitrogens with one attached hydrogen (secondary N) is 1. The van der Waals surface area contributed by atoms with E-state index in [1.807, 2.05) is 12.1 Å². The van der Waals surface area contributed by atoms with E-state index >= 15 is 0 Å². The van der Waals surface area contributed by atoms with Gasteiger partial charge >= 0.3 is 0 Å². The molecule has 5 rings (SSSR count). The first-order chi connectivity index (χ1) is 15.6. The lowest BCUT2D eigenvalue weighted by Gasteiger charge is -2.47. The maximum atomic E-state index is 13.1. The van der Waals surface area contributed by atoms with Crippen molar-refractivity contribution >= 4 is 5.91 Å². The molecule has 1 amide bonds. The molecule has 1 N–H and O–H groups in total. The molecule has 2 aromatic rings. The third kappa shape index (κ3) is 3.83. The molecule has 32 heavy (non-hydrogen) atoms. The Bertz CT molecular complexity index is 929. The van der Waals surface area contributed by atoms with Gasteiger partial charge in [0.15, 0.2) is 0 Å². The molecule has 1 spiro atoms. The zero-order chi connectivity index (χ0) is 22.1. The zero-order valence-electron chi connectivity index (χ0n) is 19.5. The number of aryl methyl sites for hydroxylation is 1. The normalized spacial score (nSPS) is 27.9. The van der Waals surface area contributed by atoms with Crippen LogP contribution >= 0.6 is 0 Å². The number of carbonyl (C=O) groups is 1. The molecule has 3 fully saturated rings. The third-order valence-electron chi connectivity index (χ3n) is 8.50. The third-order valence-corrected chi connectivity index (χ3v) is 8.50. The van der Waals surface area contributed by atoms with E-state index in [1.54, 1.807) is 7.11 Å². The standard InChI is InChI=1S/C28H36N2O2/c1-20-7-9-21(10-8-20)24-5-3-4-6-26(24)30-17-15-28(16-18-30)25(19-29-27(28)31)22-11-13-23(32-2)14-12-22/h7-14,24-26H,3-6,15-19H2,1-2H3,(H,29,31)/t24-,25?,26-/m1/s1. The Balaban J connectivity index is 1.33. The molecule has 2 aliphatic heterocycles. The lowest BCUT2D eigenvalue weighted by Crippen LogP contribution is -2.51. The summed E-state index contributed by atoms with van der Waals surface area (Å²) >= 11 is 0. The molecular weight excluding hydrogens is 396 g/mol. The summed E-state index contributed by atoms with van der Waals surface area (Å²) in [6.45, 7) is 4.96. The van der Waals surface area contributed by atoms with Crippen LogP contribution in [0.2, 0.25) is 0 Å². The number of hydrogen-bond donors (Lipinski definition) is 1. The minimum atomic E-state index is -0.265. The van der Waals surface area contributed by atoms with Gasteiger partial charge < -0.3 is 10.1 Å². The van der Waals surface area contributed by atoms with E-state index in [2.05, 4.69) is 53.5 Å². The molecule has 4 nitrogen and oxygen atoms in total. The Morgan fingerprint density at radius 1 is 0.938 bits per heavy atom. The number of methoxy groups -OCH3 is 1. The number of amides is 1. The van der Waals surface area contributed by atoms with Crippen LogP contribution in [0.4, 0.5) is 0 Å². The van der Waals surface area contributed by atoms with Crippen molar-refractivity contribution in [3.05, 3.63) is 65.2 Å².